The van der Waals surface area contributed by atoms with Crippen LogP contribution >= 0.6 is 0 Å². The molecule has 0 saturated heterocycles. The maximum atomic E-state index is 13.2. The fourth-order valence-corrected chi connectivity index (χ4v) is 2.99. The molecule has 0 saturated carbocycles. The Morgan fingerprint density at radius 2 is 1.88 bits per heavy atom. The van der Waals surface area contributed by atoms with Crippen molar-refractivity contribution in [3.63, 3.8) is 0 Å². The molecular weight excluding hydrogens is 314 g/mol. The maximum Gasteiger partial charge on any atom is 0.265 e. The average Bonchev–Trinajstić information content (AvgIpc) is 2.61. The molecule has 0 atom stereocenters. The number of aromatic nitrogens is 2. The van der Waals surface area contributed by atoms with Crippen LogP contribution in [0.25, 0.3) is 16.6 Å². The topological polar surface area (TPSA) is 78.9 Å². The Labute approximate surface area is 145 Å². The first kappa shape index (κ1) is 16.7. The molecule has 5 nitrogen and oxygen atoms in total. The van der Waals surface area contributed by atoms with Gasteiger partial charge in [-0.1, -0.05) is 20.8 Å². The van der Waals surface area contributed by atoms with Crippen LogP contribution in [-0.4, -0.2) is 14.7 Å². The summed E-state index contributed by atoms with van der Waals surface area (Å²) in [5, 5.41) is 19.5. The molecule has 0 aliphatic carbocycles. The highest BCUT2D eigenvalue weighted by atomic mass is 16.3. The second-order valence-corrected chi connectivity index (χ2v) is 6.24. The largest absolute Gasteiger partial charge is 0.508 e. The van der Waals surface area contributed by atoms with Crippen LogP contribution in [0.5, 0.6) is 5.75 Å². The molecule has 0 aliphatic rings. The number of phenols is 1. The molecule has 0 amide bonds. The number of rotatable bonds is 3. The van der Waals surface area contributed by atoms with E-state index in [2.05, 4.69) is 6.07 Å². The van der Waals surface area contributed by atoms with Gasteiger partial charge in [0, 0.05) is 11.5 Å². The zero-order valence-electron chi connectivity index (χ0n) is 14.4. The Kier molecular flexibility index (Phi) is 4.28. The van der Waals surface area contributed by atoms with Crippen LogP contribution in [0.15, 0.2) is 41.2 Å². The maximum absolute atomic E-state index is 13.2. The monoisotopic (exact) mass is 333 g/mol. The SMILES string of the molecule is CCc1c(O)ccc2c(=O)n(-c3ccc(C#N)cc3)c(C(C)C)nc12. The van der Waals surface area contributed by atoms with Crippen molar-refractivity contribution in [2.45, 2.75) is 33.1 Å². The Morgan fingerprint density at radius 1 is 1.20 bits per heavy atom. The zero-order valence-corrected chi connectivity index (χ0v) is 14.4. The highest BCUT2D eigenvalue weighted by Gasteiger charge is 2.18. The summed E-state index contributed by atoms with van der Waals surface area (Å²) in [6.07, 6.45) is 0.591. The number of hydrogen-bond donors (Lipinski definition) is 1. The quantitative estimate of drug-likeness (QED) is 0.793. The van der Waals surface area contributed by atoms with E-state index in [0.29, 0.717) is 40.0 Å². The fourth-order valence-electron chi connectivity index (χ4n) is 2.99. The summed E-state index contributed by atoms with van der Waals surface area (Å²) in [7, 11) is 0. The van der Waals surface area contributed by atoms with Gasteiger partial charge < -0.3 is 5.11 Å². The molecule has 25 heavy (non-hydrogen) atoms. The predicted molar refractivity (Wildman–Crippen MR) is 97.2 cm³/mol. The minimum Gasteiger partial charge on any atom is -0.508 e. The number of aromatic hydroxyl groups is 1. The van der Waals surface area contributed by atoms with Crippen molar-refractivity contribution in [3.8, 4) is 17.5 Å². The number of benzene rings is 2. The third-order valence-electron chi connectivity index (χ3n) is 4.27. The van der Waals surface area contributed by atoms with Gasteiger partial charge in [0.05, 0.1) is 28.2 Å². The van der Waals surface area contributed by atoms with Gasteiger partial charge in [-0.15, -0.1) is 0 Å². The second-order valence-electron chi connectivity index (χ2n) is 6.24. The number of fused-ring (bicyclic) bond motifs is 1. The van der Waals surface area contributed by atoms with Crippen LogP contribution in [0.3, 0.4) is 0 Å². The van der Waals surface area contributed by atoms with Crippen molar-refractivity contribution in [2.24, 2.45) is 0 Å². The van der Waals surface area contributed by atoms with Crippen molar-refractivity contribution in [3.05, 3.63) is 63.7 Å². The van der Waals surface area contributed by atoms with Gasteiger partial charge in [0.1, 0.15) is 11.6 Å². The Balaban J connectivity index is 2.40. The lowest BCUT2D eigenvalue weighted by Crippen LogP contribution is -2.25. The van der Waals surface area contributed by atoms with E-state index in [1.807, 2.05) is 20.8 Å². The summed E-state index contributed by atoms with van der Waals surface area (Å²) in [4.78, 5) is 17.9. The van der Waals surface area contributed by atoms with Gasteiger partial charge in [0.25, 0.3) is 5.56 Å². The van der Waals surface area contributed by atoms with E-state index in [-0.39, 0.29) is 17.2 Å². The second kappa shape index (κ2) is 6.40. The van der Waals surface area contributed by atoms with E-state index >= 15 is 0 Å². The molecule has 1 aromatic heterocycles. The number of hydrogen-bond acceptors (Lipinski definition) is 4. The van der Waals surface area contributed by atoms with Gasteiger partial charge >= 0.3 is 0 Å². The molecule has 0 fully saturated rings. The van der Waals surface area contributed by atoms with E-state index < -0.39 is 0 Å². The standard InChI is InChI=1S/C20H19N3O2/c1-4-15-17(24)10-9-16-18(15)22-19(12(2)3)23(20(16)25)14-7-5-13(11-21)6-8-14/h5-10,12,24H,4H2,1-3H3. The minimum absolute atomic E-state index is 0.0137. The van der Waals surface area contributed by atoms with Crippen molar-refractivity contribution >= 4 is 10.9 Å². The van der Waals surface area contributed by atoms with Crippen LogP contribution in [-0.2, 0) is 6.42 Å². The number of nitrogens with zero attached hydrogens (tertiary/aromatic N) is 3. The first-order valence-corrected chi connectivity index (χ1v) is 8.26. The Hall–Kier alpha value is -3.13. The molecule has 3 aromatic rings. The highest BCUT2D eigenvalue weighted by molar-refractivity contribution is 5.83. The smallest absolute Gasteiger partial charge is 0.265 e. The van der Waals surface area contributed by atoms with Gasteiger partial charge in [0.2, 0.25) is 0 Å². The molecule has 0 bridgehead atoms. The van der Waals surface area contributed by atoms with Gasteiger partial charge in [0.15, 0.2) is 0 Å². The van der Waals surface area contributed by atoms with E-state index in [0.717, 1.165) is 0 Å². The zero-order chi connectivity index (χ0) is 18.1. The summed E-state index contributed by atoms with van der Waals surface area (Å²) in [5.74, 6) is 0.801. The van der Waals surface area contributed by atoms with Crippen LogP contribution in [0.4, 0.5) is 0 Å². The summed E-state index contributed by atoms with van der Waals surface area (Å²) in [6.45, 7) is 5.88. The number of nitriles is 1. The Morgan fingerprint density at radius 3 is 2.44 bits per heavy atom. The molecular formula is C20H19N3O2. The van der Waals surface area contributed by atoms with Crippen molar-refractivity contribution < 1.29 is 5.11 Å². The van der Waals surface area contributed by atoms with Gasteiger partial charge in [-0.05, 0) is 42.8 Å². The van der Waals surface area contributed by atoms with Crippen LogP contribution in [0.2, 0.25) is 0 Å². The molecule has 0 unspecified atom stereocenters. The molecule has 0 spiro atoms. The van der Waals surface area contributed by atoms with Crippen LogP contribution in [0, 0.1) is 11.3 Å². The summed E-state index contributed by atoms with van der Waals surface area (Å²) in [5.41, 5.74) is 2.28. The van der Waals surface area contributed by atoms with Crippen LogP contribution in [0.1, 0.15) is 43.6 Å². The third kappa shape index (κ3) is 2.76. The molecule has 126 valence electrons. The minimum atomic E-state index is -0.173. The third-order valence-corrected chi connectivity index (χ3v) is 4.27. The van der Waals surface area contributed by atoms with Crippen molar-refractivity contribution in [2.75, 3.05) is 0 Å². The predicted octanol–water partition coefficient (Wildman–Crippen LogP) is 3.65. The first-order valence-electron chi connectivity index (χ1n) is 8.26. The van der Waals surface area contributed by atoms with Gasteiger partial charge in [-0.3, -0.25) is 9.36 Å². The molecule has 1 heterocycles. The van der Waals surface area contributed by atoms with E-state index in [9.17, 15) is 9.90 Å². The van der Waals surface area contributed by atoms with Crippen LogP contribution < -0.4 is 5.56 Å². The molecule has 5 heteroatoms. The molecule has 0 aliphatic heterocycles. The normalized spacial score (nSPS) is 11.0. The highest BCUT2D eigenvalue weighted by Crippen LogP contribution is 2.27. The average molecular weight is 333 g/mol. The molecule has 3 rings (SSSR count). The lowest BCUT2D eigenvalue weighted by atomic mass is 10.1. The summed E-state index contributed by atoms with van der Waals surface area (Å²) >= 11 is 0. The lowest BCUT2D eigenvalue weighted by molar-refractivity contribution is 0.470. The molecule has 1 N–H and O–H groups in total. The van der Waals surface area contributed by atoms with Gasteiger partial charge in [-0.25, -0.2) is 4.98 Å². The number of aryl methyl sites for hydroxylation is 1. The fraction of sp³-hybridized carbons (Fsp3) is 0.250. The van der Waals surface area contributed by atoms with E-state index in [1.54, 1.807) is 41.0 Å². The van der Waals surface area contributed by atoms with E-state index in [1.165, 1.54) is 0 Å². The summed E-state index contributed by atoms with van der Waals surface area (Å²) in [6, 6.07) is 12.1. The summed E-state index contributed by atoms with van der Waals surface area (Å²) < 4.78 is 1.59. The Bertz CT molecular complexity index is 1040. The lowest BCUT2D eigenvalue weighted by Gasteiger charge is -2.17. The molecule has 2 aromatic carbocycles. The van der Waals surface area contributed by atoms with Crippen molar-refractivity contribution in [1.29, 1.82) is 5.26 Å². The first-order chi connectivity index (χ1) is 12.0. The molecule has 0 radical (unpaired) electrons. The van der Waals surface area contributed by atoms with Crippen molar-refractivity contribution in [1.82, 2.24) is 9.55 Å². The van der Waals surface area contributed by atoms with E-state index in [4.69, 9.17) is 10.2 Å². The number of phenolic OH excluding ortho intramolecular Hbond substituents is 1. The van der Waals surface area contributed by atoms with Gasteiger partial charge in [-0.2, -0.15) is 5.26 Å².